The summed E-state index contributed by atoms with van der Waals surface area (Å²) < 4.78 is 14.4. The fourth-order valence-electron chi connectivity index (χ4n) is 1.50. The highest BCUT2D eigenvalue weighted by molar-refractivity contribution is 5.75. The minimum atomic E-state index is -0.399. The second kappa shape index (κ2) is 2.63. The smallest absolute Gasteiger partial charge is 0.278 e. The number of aromatic nitrogens is 4. The lowest BCUT2D eigenvalue weighted by molar-refractivity contribution is 0.620. The molecule has 0 aromatic carbocycles. The Morgan fingerprint density at radius 2 is 2.27 bits per heavy atom. The number of nitrogens with one attached hydrogen (secondary N) is 1. The first-order valence-corrected chi connectivity index (χ1v) is 4.27. The van der Waals surface area contributed by atoms with E-state index in [1.54, 1.807) is 0 Å². The Morgan fingerprint density at radius 3 is 3.13 bits per heavy atom. The van der Waals surface area contributed by atoms with Crippen LogP contribution >= 0.6 is 0 Å². The third-order valence-electron chi connectivity index (χ3n) is 2.15. The van der Waals surface area contributed by atoms with Crippen molar-refractivity contribution in [2.24, 2.45) is 0 Å². The molecule has 0 spiro atoms. The van der Waals surface area contributed by atoms with Crippen LogP contribution in [0.3, 0.4) is 0 Å². The van der Waals surface area contributed by atoms with Gasteiger partial charge in [-0.3, -0.25) is 9.20 Å². The Hall–Kier alpha value is -2.24. The Balaban J connectivity index is 2.64. The minimum Gasteiger partial charge on any atom is -0.311 e. The number of nitrogens with zero attached hydrogens (tertiary/aromatic N) is 3. The van der Waals surface area contributed by atoms with E-state index in [9.17, 15) is 9.18 Å². The molecule has 6 heteroatoms. The van der Waals surface area contributed by atoms with Crippen LogP contribution < -0.4 is 5.56 Å². The molecule has 0 bridgehead atoms. The Morgan fingerprint density at radius 1 is 1.40 bits per heavy atom. The van der Waals surface area contributed by atoms with Gasteiger partial charge in [-0.1, -0.05) is 0 Å². The van der Waals surface area contributed by atoms with Crippen molar-refractivity contribution in [3.8, 4) is 0 Å². The molecule has 5 nitrogen and oxygen atoms in total. The summed E-state index contributed by atoms with van der Waals surface area (Å²) in [5, 5.41) is 0. The van der Waals surface area contributed by atoms with Crippen molar-refractivity contribution >= 4 is 16.8 Å². The molecular formula is C9H5FN4O. The highest BCUT2D eigenvalue weighted by Crippen LogP contribution is 2.10. The van der Waals surface area contributed by atoms with E-state index >= 15 is 0 Å². The van der Waals surface area contributed by atoms with Gasteiger partial charge in [-0.25, -0.2) is 14.4 Å². The van der Waals surface area contributed by atoms with Crippen LogP contribution in [-0.4, -0.2) is 19.4 Å². The lowest BCUT2D eigenvalue weighted by Gasteiger charge is -1.93. The third-order valence-corrected chi connectivity index (χ3v) is 2.15. The molecule has 0 fully saturated rings. The van der Waals surface area contributed by atoms with Crippen LogP contribution in [-0.2, 0) is 0 Å². The van der Waals surface area contributed by atoms with Gasteiger partial charge in [0.1, 0.15) is 11.5 Å². The van der Waals surface area contributed by atoms with Gasteiger partial charge in [0.2, 0.25) is 0 Å². The molecule has 3 aromatic rings. The quantitative estimate of drug-likeness (QED) is 0.586. The molecule has 15 heavy (non-hydrogen) atoms. The number of hydrogen-bond donors (Lipinski definition) is 1. The molecule has 0 amide bonds. The number of pyridine rings is 1. The van der Waals surface area contributed by atoms with Gasteiger partial charge in [0.15, 0.2) is 11.2 Å². The lowest BCUT2D eigenvalue weighted by atomic mass is 10.4. The number of H-pyrrole nitrogens is 1. The van der Waals surface area contributed by atoms with E-state index < -0.39 is 5.82 Å². The lowest BCUT2D eigenvalue weighted by Crippen LogP contribution is -2.06. The molecule has 0 atom stereocenters. The van der Waals surface area contributed by atoms with Gasteiger partial charge in [-0.15, -0.1) is 0 Å². The van der Waals surface area contributed by atoms with Gasteiger partial charge in [0, 0.05) is 6.20 Å². The molecule has 0 aliphatic heterocycles. The molecule has 0 unspecified atom stereocenters. The van der Waals surface area contributed by atoms with Crippen LogP contribution in [0.4, 0.5) is 4.39 Å². The predicted octanol–water partition coefficient (Wildman–Crippen LogP) is 0.710. The van der Waals surface area contributed by atoms with Crippen LogP contribution in [0.25, 0.3) is 16.8 Å². The zero-order valence-electron chi connectivity index (χ0n) is 7.44. The number of rotatable bonds is 0. The maximum atomic E-state index is 13.0. The number of halogens is 1. The Labute approximate surface area is 82.2 Å². The van der Waals surface area contributed by atoms with E-state index in [4.69, 9.17) is 0 Å². The highest BCUT2D eigenvalue weighted by atomic mass is 19.1. The highest BCUT2D eigenvalue weighted by Gasteiger charge is 2.08. The van der Waals surface area contributed by atoms with Crippen molar-refractivity contribution in [1.29, 1.82) is 0 Å². The van der Waals surface area contributed by atoms with Crippen molar-refractivity contribution in [2.45, 2.75) is 0 Å². The van der Waals surface area contributed by atoms with Crippen LogP contribution in [0, 0.1) is 5.82 Å². The van der Waals surface area contributed by atoms with Gasteiger partial charge in [0.05, 0.1) is 6.33 Å². The maximum Gasteiger partial charge on any atom is 0.278 e. The fourth-order valence-corrected chi connectivity index (χ4v) is 1.50. The van der Waals surface area contributed by atoms with Crippen LogP contribution in [0.15, 0.2) is 29.5 Å². The first kappa shape index (κ1) is 8.10. The largest absolute Gasteiger partial charge is 0.311 e. The van der Waals surface area contributed by atoms with Gasteiger partial charge in [-0.05, 0) is 12.1 Å². The molecule has 1 N–H and O–H groups in total. The molecule has 0 radical (unpaired) electrons. The molecule has 0 aliphatic rings. The van der Waals surface area contributed by atoms with Gasteiger partial charge < -0.3 is 4.98 Å². The Kier molecular flexibility index (Phi) is 1.42. The normalized spacial score (nSPS) is 11.3. The van der Waals surface area contributed by atoms with Gasteiger partial charge in [0.25, 0.3) is 5.56 Å². The first-order chi connectivity index (χ1) is 7.25. The molecule has 0 saturated carbocycles. The zero-order chi connectivity index (χ0) is 10.4. The average molecular weight is 204 g/mol. The van der Waals surface area contributed by atoms with Crippen molar-refractivity contribution in [1.82, 2.24) is 19.4 Å². The summed E-state index contributed by atoms with van der Waals surface area (Å²) in [4.78, 5) is 21.8. The summed E-state index contributed by atoms with van der Waals surface area (Å²) in [6, 6.07) is 2.78. The monoisotopic (exact) mass is 204 g/mol. The van der Waals surface area contributed by atoms with Crippen LogP contribution in [0.5, 0.6) is 0 Å². The van der Waals surface area contributed by atoms with E-state index in [1.807, 2.05) is 0 Å². The number of hydrogen-bond acceptors (Lipinski definition) is 3. The molecule has 3 rings (SSSR count). The number of imidazole rings is 1. The molecular weight excluding hydrogens is 199 g/mol. The number of aromatic amines is 1. The van der Waals surface area contributed by atoms with E-state index in [1.165, 1.54) is 29.1 Å². The summed E-state index contributed by atoms with van der Waals surface area (Å²) in [7, 11) is 0. The molecule has 0 aliphatic carbocycles. The SMILES string of the molecule is O=c1[nH]cnc2c1nc1ccc(F)cn12. The summed E-state index contributed by atoms with van der Waals surface area (Å²) in [6.07, 6.45) is 2.51. The van der Waals surface area contributed by atoms with Gasteiger partial charge in [-0.2, -0.15) is 0 Å². The molecule has 3 aromatic heterocycles. The standard InChI is InChI=1S/C9H5FN4O/c10-5-1-2-6-13-7-8(14(6)3-5)11-4-12-9(7)15/h1-4H,(H,11,12,15). The van der Waals surface area contributed by atoms with Crippen molar-refractivity contribution < 1.29 is 4.39 Å². The molecule has 74 valence electrons. The maximum absolute atomic E-state index is 13.0. The summed E-state index contributed by atoms with van der Waals surface area (Å²) in [5.74, 6) is -0.399. The fraction of sp³-hybridized carbons (Fsp3) is 0. The van der Waals surface area contributed by atoms with E-state index in [-0.39, 0.29) is 11.1 Å². The van der Waals surface area contributed by atoms with E-state index in [2.05, 4.69) is 15.0 Å². The van der Waals surface area contributed by atoms with E-state index in [0.717, 1.165) is 0 Å². The van der Waals surface area contributed by atoms with Crippen LogP contribution in [0.1, 0.15) is 0 Å². The van der Waals surface area contributed by atoms with Gasteiger partial charge >= 0.3 is 0 Å². The predicted molar refractivity (Wildman–Crippen MR) is 51.1 cm³/mol. The Bertz CT molecular complexity index is 715. The van der Waals surface area contributed by atoms with E-state index in [0.29, 0.717) is 11.3 Å². The molecule has 0 saturated heterocycles. The van der Waals surface area contributed by atoms with Crippen molar-refractivity contribution in [2.75, 3.05) is 0 Å². The second-order valence-corrected chi connectivity index (χ2v) is 3.09. The van der Waals surface area contributed by atoms with Crippen LogP contribution in [0.2, 0.25) is 0 Å². The second-order valence-electron chi connectivity index (χ2n) is 3.09. The zero-order valence-corrected chi connectivity index (χ0v) is 7.44. The molecule has 3 heterocycles. The third kappa shape index (κ3) is 1.04. The average Bonchev–Trinajstić information content (AvgIpc) is 2.58. The topological polar surface area (TPSA) is 63.0 Å². The first-order valence-electron chi connectivity index (χ1n) is 4.27. The summed E-state index contributed by atoms with van der Waals surface area (Å²) in [5.41, 5.74) is 0.732. The minimum absolute atomic E-state index is 0.211. The summed E-state index contributed by atoms with van der Waals surface area (Å²) >= 11 is 0. The summed E-state index contributed by atoms with van der Waals surface area (Å²) in [6.45, 7) is 0. The van der Waals surface area contributed by atoms with Crippen molar-refractivity contribution in [3.05, 3.63) is 40.8 Å². The number of fused-ring (bicyclic) bond motifs is 3. The van der Waals surface area contributed by atoms with Crippen molar-refractivity contribution in [3.63, 3.8) is 0 Å².